The molecule has 33 heavy (non-hydrogen) atoms. The van der Waals surface area contributed by atoms with Crippen LogP contribution in [-0.2, 0) is 36.3 Å². The molecule has 1 unspecified atom stereocenters. The molecule has 1 atom stereocenters. The Balaban J connectivity index is -0.00000101. The van der Waals surface area contributed by atoms with Crippen LogP contribution >= 0.6 is 13.4 Å². The topological polar surface area (TPSA) is 103 Å². The third kappa shape index (κ3) is 18.1. The van der Waals surface area contributed by atoms with Crippen molar-refractivity contribution >= 4 is 39.8 Å². The monoisotopic (exact) mass is 690 g/mol. The number of aromatic nitrogens is 2. The number of ether oxygens (including phenoxy) is 1. The normalized spacial score (nSPS) is 10.1. The smallest absolute Gasteiger partial charge is 0.427 e. The molecule has 2 aromatic rings. The first-order chi connectivity index (χ1) is 15.8. The number of esters is 1. The SMILES string of the molecule is CC(CCOC(=O)c1ccnc(-c2ccccn2)c1)CCC(C)(C)C.[Br][Re].[C-]=O.[C-]=O.[C-]=O. The number of halogens is 1. The van der Waals surface area contributed by atoms with Gasteiger partial charge in [-0.2, -0.15) is 0 Å². The standard InChI is InChI=1S/C21H28N2O2.3CO.BrH.Re/c1-16(8-11-21(2,3)4)10-14-25-20(24)17-9-13-23-19(15-17)18-7-5-6-12-22-18;3*1-2;;/h5-7,9,12-13,15-16H,8,10-11,14H2,1-4H3;;;;1H;/q;3*-1;;+1/p-1. The molecule has 2 rings (SSSR count). The quantitative estimate of drug-likeness (QED) is 0.304. The molecule has 0 saturated carbocycles. The summed E-state index contributed by atoms with van der Waals surface area (Å²) in [6.45, 7) is 22.9. The summed E-state index contributed by atoms with van der Waals surface area (Å²) in [7, 11) is 0. The van der Waals surface area contributed by atoms with Gasteiger partial charge in [-0.15, -0.1) is 0 Å². The summed E-state index contributed by atoms with van der Waals surface area (Å²) in [5, 5.41) is 0. The van der Waals surface area contributed by atoms with E-state index in [0.717, 1.165) is 18.5 Å². The van der Waals surface area contributed by atoms with Crippen molar-refractivity contribution in [1.82, 2.24) is 9.97 Å². The Hall–Kier alpha value is -2.08. The molecule has 2 aromatic heterocycles. The van der Waals surface area contributed by atoms with Gasteiger partial charge in [-0.3, -0.25) is 9.97 Å². The largest absolute Gasteiger partial charge is 0.573 e. The minimum atomic E-state index is -0.303. The first-order valence-corrected chi connectivity index (χ1v) is 15.6. The molecular weight excluding hydrogens is 662 g/mol. The molecule has 0 saturated heterocycles. The van der Waals surface area contributed by atoms with Gasteiger partial charge in [0.25, 0.3) is 0 Å². The second-order valence-corrected chi connectivity index (χ2v) is 7.77. The van der Waals surface area contributed by atoms with Gasteiger partial charge in [0.2, 0.25) is 0 Å². The van der Waals surface area contributed by atoms with Gasteiger partial charge in [0.05, 0.1) is 23.6 Å². The van der Waals surface area contributed by atoms with Crippen LogP contribution in [0.2, 0.25) is 0 Å². The maximum Gasteiger partial charge on any atom is -0.427 e. The Labute approximate surface area is 214 Å². The molecule has 0 spiro atoms. The molecule has 0 amide bonds. The molecule has 0 aliphatic heterocycles. The molecule has 0 fully saturated rings. The van der Waals surface area contributed by atoms with Crippen molar-refractivity contribution in [3.8, 4) is 11.4 Å². The number of carbonyl (C=O) groups excluding carboxylic acids is 4. The third-order valence-corrected chi connectivity index (χ3v) is 4.15. The number of carbonyl (C=O) groups is 1. The number of hydrogen-bond acceptors (Lipinski definition) is 7. The van der Waals surface area contributed by atoms with Crippen molar-refractivity contribution in [2.45, 2.75) is 47.0 Å². The molecule has 2 heterocycles. The van der Waals surface area contributed by atoms with Crippen LogP contribution < -0.4 is 0 Å². The Morgan fingerprint density at radius 2 is 1.55 bits per heavy atom. The number of hydrogen-bond donors (Lipinski definition) is 0. The fourth-order valence-electron chi connectivity index (χ4n) is 2.47. The summed E-state index contributed by atoms with van der Waals surface area (Å²) in [4.78, 5) is 43.3. The van der Waals surface area contributed by atoms with E-state index in [1.165, 1.54) is 23.6 Å². The molecule has 9 heteroatoms. The molecule has 0 bridgehead atoms. The van der Waals surface area contributed by atoms with Crippen molar-refractivity contribution in [2.24, 2.45) is 11.3 Å². The number of rotatable bonds is 7. The van der Waals surface area contributed by atoms with Gasteiger partial charge in [0, 0.05) is 12.4 Å². The van der Waals surface area contributed by atoms with Crippen molar-refractivity contribution in [3.05, 3.63) is 48.3 Å². The van der Waals surface area contributed by atoms with Gasteiger partial charge in [0.15, 0.2) is 0 Å². The van der Waals surface area contributed by atoms with Crippen LogP contribution in [0.25, 0.3) is 11.4 Å². The minimum absolute atomic E-state index is 0.303. The second kappa shape index (κ2) is 23.1. The van der Waals surface area contributed by atoms with Crippen molar-refractivity contribution in [3.63, 3.8) is 0 Å². The van der Waals surface area contributed by atoms with E-state index in [1.807, 2.05) is 18.2 Å². The summed E-state index contributed by atoms with van der Waals surface area (Å²) in [5.74, 6) is 0.246. The van der Waals surface area contributed by atoms with E-state index in [0.29, 0.717) is 29.2 Å². The Bertz CT molecular complexity index is 740. The third-order valence-electron chi connectivity index (χ3n) is 4.15. The molecule has 0 aliphatic rings. The molecule has 0 aliphatic carbocycles. The van der Waals surface area contributed by atoms with E-state index in [-0.39, 0.29) is 5.97 Å². The van der Waals surface area contributed by atoms with Gasteiger partial charge < -0.3 is 39.5 Å². The van der Waals surface area contributed by atoms with Gasteiger partial charge in [-0.05, 0) is 48.4 Å². The predicted molar refractivity (Wildman–Crippen MR) is 126 cm³/mol. The first-order valence-electron chi connectivity index (χ1n) is 9.65. The van der Waals surface area contributed by atoms with Crippen LogP contribution in [0, 0.1) is 11.3 Å². The fraction of sp³-hybridized carbons (Fsp3) is 0.417. The molecule has 3 radical (unpaired) electrons. The zero-order valence-electron chi connectivity index (χ0n) is 19.1. The van der Waals surface area contributed by atoms with E-state index in [4.69, 9.17) is 19.1 Å². The Morgan fingerprint density at radius 3 is 2.06 bits per heavy atom. The Morgan fingerprint density at radius 1 is 0.970 bits per heavy atom. The van der Waals surface area contributed by atoms with E-state index >= 15 is 0 Å². The minimum Gasteiger partial charge on any atom is -0.573 e. The van der Waals surface area contributed by atoms with Crippen LogP contribution in [0.5, 0.6) is 0 Å². The summed E-state index contributed by atoms with van der Waals surface area (Å²) in [6.07, 6.45) is 6.55. The number of nitrogens with zero attached hydrogens (tertiary/aromatic N) is 2. The summed E-state index contributed by atoms with van der Waals surface area (Å²) in [6, 6.07) is 9.02. The average molecular weight is 691 g/mol. The van der Waals surface area contributed by atoms with E-state index in [9.17, 15) is 4.79 Å². The maximum atomic E-state index is 12.3. The summed E-state index contributed by atoms with van der Waals surface area (Å²) in [5.41, 5.74) is 2.28. The molecule has 0 aromatic carbocycles. The maximum absolute atomic E-state index is 12.3. The Kier molecular flexibility index (Phi) is 24.9. The van der Waals surface area contributed by atoms with Gasteiger partial charge in [-0.1, -0.05) is 40.2 Å². The van der Waals surface area contributed by atoms with Crippen molar-refractivity contribution in [2.75, 3.05) is 6.61 Å². The molecule has 7 nitrogen and oxygen atoms in total. The van der Waals surface area contributed by atoms with E-state index < -0.39 is 0 Å². The van der Waals surface area contributed by atoms with Crippen LogP contribution in [0.1, 0.15) is 57.3 Å². The number of pyridine rings is 2. The van der Waals surface area contributed by atoms with Crippen LogP contribution in [0.4, 0.5) is 0 Å². The van der Waals surface area contributed by atoms with Gasteiger partial charge >= 0.3 is 36.6 Å². The molecule has 0 N–H and O–H groups in total. The van der Waals surface area contributed by atoms with Crippen molar-refractivity contribution < 1.29 is 41.1 Å². The average Bonchev–Trinajstić information content (AvgIpc) is 2.88. The van der Waals surface area contributed by atoms with Gasteiger partial charge in [0.1, 0.15) is 0 Å². The fourth-order valence-corrected chi connectivity index (χ4v) is 2.47. The first kappa shape index (κ1) is 35.5. The predicted octanol–water partition coefficient (Wildman–Crippen LogP) is 4.80. The summed E-state index contributed by atoms with van der Waals surface area (Å²) >= 11 is 4.53. The molecule has 181 valence electrons. The van der Waals surface area contributed by atoms with Crippen molar-refractivity contribution in [1.29, 1.82) is 0 Å². The zero-order chi connectivity index (χ0) is 26.3. The van der Waals surface area contributed by atoms with Crippen LogP contribution in [0.15, 0.2) is 42.7 Å². The van der Waals surface area contributed by atoms with Crippen LogP contribution in [-0.4, -0.2) is 42.9 Å². The van der Waals surface area contributed by atoms with Gasteiger partial charge in [-0.25, -0.2) is 4.79 Å². The second-order valence-electron chi connectivity index (χ2n) is 7.77. The summed E-state index contributed by atoms with van der Waals surface area (Å²) < 4.78 is 5.43. The zero-order valence-corrected chi connectivity index (χ0v) is 23.4. The van der Waals surface area contributed by atoms with Crippen LogP contribution in [0.3, 0.4) is 0 Å². The van der Waals surface area contributed by atoms with E-state index in [1.54, 1.807) is 24.5 Å². The van der Waals surface area contributed by atoms with E-state index in [2.05, 4.69) is 71.5 Å². The molecular formula is C24H28BrN2O5Re-3.